The van der Waals surface area contributed by atoms with Gasteiger partial charge in [-0.25, -0.2) is 14.8 Å². The Morgan fingerprint density at radius 3 is 2.89 bits per heavy atom. The third kappa shape index (κ3) is 3.00. The van der Waals surface area contributed by atoms with E-state index in [0.717, 1.165) is 34.1 Å². The van der Waals surface area contributed by atoms with Crippen molar-refractivity contribution in [1.82, 2.24) is 24.5 Å². The highest BCUT2D eigenvalue weighted by Crippen LogP contribution is 2.25. The van der Waals surface area contributed by atoms with Gasteiger partial charge in [0, 0.05) is 54.7 Å². The number of pyridine rings is 2. The van der Waals surface area contributed by atoms with Crippen LogP contribution < -0.4 is 5.69 Å². The number of aromatic nitrogens is 5. The molecule has 4 aromatic rings. The van der Waals surface area contributed by atoms with Gasteiger partial charge in [0.25, 0.3) is 0 Å². The van der Waals surface area contributed by atoms with Crippen LogP contribution in [-0.4, -0.2) is 50.9 Å². The molecule has 1 aliphatic rings. The molecule has 144 valence electrons. The Bertz CT molecular complexity index is 1190. The van der Waals surface area contributed by atoms with Crippen LogP contribution in [-0.2, 0) is 16.0 Å². The van der Waals surface area contributed by atoms with Crippen LogP contribution in [0, 0.1) is 5.92 Å². The maximum atomic E-state index is 12.5. The van der Waals surface area contributed by atoms with E-state index in [1.807, 2.05) is 24.5 Å². The van der Waals surface area contributed by atoms with Gasteiger partial charge in [0.15, 0.2) is 5.65 Å². The number of imidazole rings is 1. The maximum absolute atomic E-state index is 12.5. The summed E-state index contributed by atoms with van der Waals surface area (Å²) in [5.41, 5.74) is 3.95. The second kappa shape index (κ2) is 6.88. The van der Waals surface area contributed by atoms with E-state index in [9.17, 15) is 4.79 Å². The van der Waals surface area contributed by atoms with Crippen molar-refractivity contribution in [3.8, 4) is 11.1 Å². The summed E-state index contributed by atoms with van der Waals surface area (Å²) >= 11 is 0. The van der Waals surface area contributed by atoms with Gasteiger partial charge >= 0.3 is 5.69 Å². The van der Waals surface area contributed by atoms with Gasteiger partial charge in [0.05, 0.1) is 24.8 Å². The quantitative estimate of drug-likeness (QED) is 0.567. The van der Waals surface area contributed by atoms with E-state index in [1.54, 1.807) is 17.9 Å². The molecule has 0 spiro atoms. The molecule has 1 aliphatic heterocycles. The normalized spacial score (nSPS) is 20.2. The third-order valence-corrected chi connectivity index (χ3v) is 5.39. The van der Waals surface area contributed by atoms with Gasteiger partial charge in [-0.05, 0) is 24.6 Å². The lowest BCUT2D eigenvalue weighted by molar-refractivity contribution is -0.0586. The standard InChI is InChI=1S/C20H21N5O3/c1-27-16-4-12(10-28-11-16)9-25-17-6-15(8-23-19(17)24-20(25)26)14-5-13-2-3-21-18(13)22-7-14/h2-3,5-8,12,16H,4,9-11H2,1H3,(H,21,22)(H,23,24,26)/t12-,16-/m1/s1. The molecular formula is C20H21N5O3. The number of methoxy groups -OCH3 is 1. The molecule has 0 aromatic carbocycles. The molecule has 0 saturated carbocycles. The molecule has 2 N–H and O–H groups in total. The molecule has 5 rings (SSSR count). The van der Waals surface area contributed by atoms with Crippen molar-refractivity contribution in [3.05, 3.63) is 47.3 Å². The predicted molar refractivity (Wildman–Crippen MR) is 105 cm³/mol. The lowest BCUT2D eigenvalue weighted by Crippen LogP contribution is -2.34. The summed E-state index contributed by atoms with van der Waals surface area (Å²) in [6, 6.07) is 6.04. The van der Waals surface area contributed by atoms with E-state index in [4.69, 9.17) is 9.47 Å². The van der Waals surface area contributed by atoms with Crippen molar-refractivity contribution in [1.29, 1.82) is 0 Å². The highest BCUT2D eigenvalue weighted by Gasteiger charge is 2.24. The second-order valence-electron chi connectivity index (χ2n) is 7.27. The minimum atomic E-state index is -0.154. The third-order valence-electron chi connectivity index (χ3n) is 5.39. The Labute approximate surface area is 160 Å². The van der Waals surface area contributed by atoms with Crippen LogP contribution in [0.5, 0.6) is 0 Å². The van der Waals surface area contributed by atoms with Crippen molar-refractivity contribution in [2.75, 3.05) is 20.3 Å². The van der Waals surface area contributed by atoms with Crippen LogP contribution in [0.1, 0.15) is 6.42 Å². The zero-order valence-electron chi connectivity index (χ0n) is 15.5. The Morgan fingerprint density at radius 2 is 2.04 bits per heavy atom. The SMILES string of the molecule is CO[C@H]1COC[C@@H](Cn2c(=O)[nH]c3ncc(-c4cnc5[nH]ccc5c4)cc32)C1. The topological polar surface area (TPSA) is 97.8 Å². The lowest BCUT2D eigenvalue weighted by Gasteiger charge is -2.28. The summed E-state index contributed by atoms with van der Waals surface area (Å²) < 4.78 is 12.8. The van der Waals surface area contributed by atoms with E-state index < -0.39 is 0 Å². The average molecular weight is 379 g/mol. The predicted octanol–water partition coefficient (Wildman–Crippen LogP) is 2.32. The highest BCUT2D eigenvalue weighted by molar-refractivity contribution is 5.84. The zero-order valence-corrected chi connectivity index (χ0v) is 15.5. The first kappa shape index (κ1) is 17.2. The summed E-state index contributed by atoms with van der Waals surface area (Å²) in [6.07, 6.45) is 6.40. The van der Waals surface area contributed by atoms with E-state index in [0.29, 0.717) is 25.4 Å². The molecule has 5 heterocycles. The zero-order chi connectivity index (χ0) is 19.1. The molecule has 8 nitrogen and oxygen atoms in total. The van der Waals surface area contributed by atoms with Crippen molar-refractivity contribution in [2.24, 2.45) is 5.92 Å². The fourth-order valence-corrected chi connectivity index (χ4v) is 3.89. The summed E-state index contributed by atoms with van der Waals surface area (Å²) in [7, 11) is 1.69. The van der Waals surface area contributed by atoms with Crippen LogP contribution in [0.4, 0.5) is 0 Å². The summed E-state index contributed by atoms with van der Waals surface area (Å²) in [6.45, 7) is 1.80. The van der Waals surface area contributed by atoms with Crippen molar-refractivity contribution >= 4 is 22.2 Å². The van der Waals surface area contributed by atoms with Gasteiger partial charge in [-0.1, -0.05) is 0 Å². The molecule has 2 atom stereocenters. The number of aromatic amines is 2. The number of rotatable bonds is 4. The van der Waals surface area contributed by atoms with Gasteiger partial charge < -0.3 is 14.5 Å². The van der Waals surface area contributed by atoms with E-state index >= 15 is 0 Å². The number of ether oxygens (including phenoxy) is 2. The summed E-state index contributed by atoms with van der Waals surface area (Å²) in [5.74, 6) is 0.219. The minimum absolute atomic E-state index is 0.0764. The first-order valence-corrected chi connectivity index (χ1v) is 9.34. The molecule has 1 saturated heterocycles. The van der Waals surface area contributed by atoms with Crippen LogP contribution >= 0.6 is 0 Å². The Morgan fingerprint density at radius 1 is 1.21 bits per heavy atom. The largest absolute Gasteiger partial charge is 0.379 e. The molecule has 0 radical (unpaired) electrons. The van der Waals surface area contributed by atoms with Crippen molar-refractivity contribution in [3.63, 3.8) is 0 Å². The first-order valence-electron chi connectivity index (χ1n) is 9.34. The lowest BCUT2D eigenvalue weighted by atomic mass is 10.00. The first-order chi connectivity index (χ1) is 13.7. The van der Waals surface area contributed by atoms with Crippen LogP contribution in [0.15, 0.2) is 41.6 Å². The van der Waals surface area contributed by atoms with Crippen molar-refractivity contribution < 1.29 is 9.47 Å². The molecule has 0 aliphatic carbocycles. The summed E-state index contributed by atoms with van der Waals surface area (Å²) in [4.78, 5) is 27.4. The van der Waals surface area contributed by atoms with Gasteiger partial charge in [-0.3, -0.25) is 9.55 Å². The number of nitrogens with one attached hydrogen (secondary N) is 2. The minimum Gasteiger partial charge on any atom is -0.379 e. The number of hydrogen-bond donors (Lipinski definition) is 2. The smallest absolute Gasteiger partial charge is 0.327 e. The second-order valence-corrected chi connectivity index (χ2v) is 7.27. The molecule has 28 heavy (non-hydrogen) atoms. The molecule has 8 heteroatoms. The van der Waals surface area contributed by atoms with E-state index in [-0.39, 0.29) is 17.7 Å². The Hall–Kier alpha value is -2.97. The molecule has 0 amide bonds. The van der Waals surface area contributed by atoms with Gasteiger partial charge in [-0.2, -0.15) is 0 Å². The van der Waals surface area contributed by atoms with Crippen LogP contribution in [0.25, 0.3) is 33.3 Å². The van der Waals surface area contributed by atoms with Crippen LogP contribution in [0.2, 0.25) is 0 Å². The molecular weight excluding hydrogens is 358 g/mol. The molecule has 1 fully saturated rings. The van der Waals surface area contributed by atoms with Gasteiger partial charge in [0.1, 0.15) is 5.65 Å². The number of fused-ring (bicyclic) bond motifs is 2. The van der Waals surface area contributed by atoms with E-state index in [2.05, 4.69) is 26.0 Å². The molecule has 0 bridgehead atoms. The number of H-pyrrole nitrogens is 2. The highest BCUT2D eigenvalue weighted by atomic mass is 16.5. The monoisotopic (exact) mass is 379 g/mol. The molecule has 4 aromatic heterocycles. The Kier molecular flexibility index (Phi) is 4.22. The van der Waals surface area contributed by atoms with E-state index in [1.165, 1.54) is 0 Å². The van der Waals surface area contributed by atoms with Crippen molar-refractivity contribution in [2.45, 2.75) is 19.1 Å². The fourth-order valence-electron chi connectivity index (χ4n) is 3.89. The Balaban J connectivity index is 1.52. The van der Waals surface area contributed by atoms with Gasteiger partial charge in [-0.15, -0.1) is 0 Å². The molecule has 0 unspecified atom stereocenters. The summed E-state index contributed by atoms with van der Waals surface area (Å²) in [5, 5.41) is 1.04. The number of hydrogen-bond acceptors (Lipinski definition) is 5. The average Bonchev–Trinajstić information content (AvgIpc) is 3.31. The van der Waals surface area contributed by atoms with Crippen LogP contribution in [0.3, 0.4) is 0 Å². The maximum Gasteiger partial charge on any atom is 0.327 e. The van der Waals surface area contributed by atoms with Gasteiger partial charge in [0.2, 0.25) is 0 Å². The fraction of sp³-hybridized carbons (Fsp3) is 0.350. The number of nitrogens with zero attached hydrogens (tertiary/aromatic N) is 3.